The van der Waals surface area contributed by atoms with Crippen LogP contribution in [0, 0.1) is 6.92 Å². The van der Waals surface area contributed by atoms with Crippen molar-refractivity contribution in [2.45, 2.75) is 32.7 Å². The van der Waals surface area contributed by atoms with E-state index in [1.165, 1.54) is 0 Å². The van der Waals surface area contributed by atoms with Crippen molar-refractivity contribution in [3.8, 4) is 5.75 Å². The van der Waals surface area contributed by atoms with E-state index in [0.29, 0.717) is 19.4 Å². The van der Waals surface area contributed by atoms with Gasteiger partial charge in [0, 0.05) is 32.2 Å². The van der Waals surface area contributed by atoms with Crippen molar-refractivity contribution in [2.75, 3.05) is 20.8 Å². The fourth-order valence-electron chi connectivity index (χ4n) is 1.95. The number of aliphatic hydroxyl groups excluding tert-OH is 1. The number of hydrogen-bond donors (Lipinski definition) is 1. The van der Waals surface area contributed by atoms with Crippen molar-refractivity contribution >= 4 is 5.91 Å². The van der Waals surface area contributed by atoms with Gasteiger partial charge < -0.3 is 14.7 Å². The van der Waals surface area contributed by atoms with Gasteiger partial charge in [-0.05, 0) is 25.8 Å². The van der Waals surface area contributed by atoms with Crippen LogP contribution in [0.25, 0.3) is 0 Å². The molecule has 0 atom stereocenters. The number of methoxy groups -OCH3 is 1. The van der Waals surface area contributed by atoms with Crippen LogP contribution in [0.3, 0.4) is 0 Å². The summed E-state index contributed by atoms with van der Waals surface area (Å²) in [6.45, 7) is 2.71. The molecule has 0 aromatic heterocycles. The van der Waals surface area contributed by atoms with Gasteiger partial charge in [0.15, 0.2) is 0 Å². The lowest BCUT2D eigenvalue weighted by Crippen LogP contribution is -2.26. The van der Waals surface area contributed by atoms with E-state index < -0.39 is 0 Å². The molecule has 0 unspecified atom stereocenters. The second kappa shape index (κ2) is 7.79. The number of carbonyl (C=O) groups excluding carboxylic acids is 1. The summed E-state index contributed by atoms with van der Waals surface area (Å²) in [4.78, 5) is 13.6. The van der Waals surface area contributed by atoms with Crippen molar-refractivity contribution < 1.29 is 14.6 Å². The zero-order valence-electron chi connectivity index (χ0n) is 12.0. The molecule has 0 bridgehead atoms. The van der Waals surface area contributed by atoms with Crippen molar-refractivity contribution in [3.63, 3.8) is 0 Å². The van der Waals surface area contributed by atoms with Crippen LogP contribution in [-0.2, 0) is 11.3 Å². The molecule has 19 heavy (non-hydrogen) atoms. The Hall–Kier alpha value is -1.55. The largest absolute Gasteiger partial charge is 0.496 e. The third-order valence-electron chi connectivity index (χ3n) is 3.07. The van der Waals surface area contributed by atoms with Crippen LogP contribution in [0.5, 0.6) is 5.75 Å². The molecule has 1 amide bonds. The number of benzene rings is 1. The first kappa shape index (κ1) is 15.5. The molecule has 1 aromatic rings. The molecule has 4 nitrogen and oxygen atoms in total. The van der Waals surface area contributed by atoms with Gasteiger partial charge in [-0.25, -0.2) is 0 Å². The van der Waals surface area contributed by atoms with Crippen molar-refractivity contribution in [3.05, 3.63) is 29.3 Å². The topological polar surface area (TPSA) is 49.8 Å². The van der Waals surface area contributed by atoms with Gasteiger partial charge in [0.25, 0.3) is 0 Å². The highest BCUT2D eigenvalue weighted by molar-refractivity contribution is 5.75. The van der Waals surface area contributed by atoms with Gasteiger partial charge in [0.05, 0.1) is 7.11 Å². The second-order valence-corrected chi connectivity index (χ2v) is 4.75. The maximum atomic E-state index is 11.9. The fourth-order valence-corrected chi connectivity index (χ4v) is 1.95. The molecular weight excluding hydrogens is 242 g/mol. The minimum Gasteiger partial charge on any atom is -0.496 e. The van der Waals surface area contributed by atoms with Gasteiger partial charge >= 0.3 is 0 Å². The second-order valence-electron chi connectivity index (χ2n) is 4.75. The molecule has 0 saturated heterocycles. The average molecular weight is 265 g/mol. The lowest BCUT2D eigenvalue weighted by molar-refractivity contribution is -0.130. The van der Waals surface area contributed by atoms with Crippen molar-refractivity contribution in [2.24, 2.45) is 0 Å². The Bertz CT molecular complexity index is 418. The number of hydrogen-bond acceptors (Lipinski definition) is 3. The third kappa shape index (κ3) is 4.91. The summed E-state index contributed by atoms with van der Waals surface area (Å²) in [5.41, 5.74) is 2.16. The number of ether oxygens (including phenoxy) is 1. The van der Waals surface area contributed by atoms with E-state index in [0.717, 1.165) is 23.3 Å². The Morgan fingerprint density at radius 1 is 1.37 bits per heavy atom. The highest BCUT2D eigenvalue weighted by atomic mass is 16.5. The molecule has 1 aromatic carbocycles. The van der Waals surface area contributed by atoms with Crippen LogP contribution in [0.15, 0.2) is 18.2 Å². The fraction of sp³-hybridized carbons (Fsp3) is 0.533. The number of unbranched alkanes of at least 4 members (excludes halogenated alkanes) is 1. The highest BCUT2D eigenvalue weighted by Crippen LogP contribution is 2.21. The van der Waals surface area contributed by atoms with E-state index in [1.807, 2.05) is 25.1 Å². The van der Waals surface area contributed by atoms with E-state index in [-0.39, 0.29) is 12.5 Å². The van der Waals surface area contributed by atoms with Crippen LogP contribution in [0.1, 0.15) is 30.4 Å². The standard InChI is InChI=1S/C15H23NO3/c1-12-7-8-14(19-3)13(10-12)11-16(2)15(18)6-4-5-9-17/h7-8,10,17H,4-6,9,11H2,1-3H3. The maximum Gasteiger partial charge on any atom is 0.222 e. The Morgan fingerprint density at radius 3 is 2.74 bits per heavy atom. The minimum atomic E-state index is 0.0945. The molecule has 0 aliphatic rings. The molecular formula is C15H23NO3. The molecule has 0 aliphatic carbocycles. The van der Waals surface area contributed by atoms with Crippen LogP contribution >= 0.6 is 0 Å². The summed E-state index contributed by atoms with van der Waals surface area (Å²) in [7, 11) is 3.43. The van der Waals surface area contributed by atoms with E-state index in [4.69, 9.17) is 9.84 Å². The Kier molecular flexibility index (Phi) is 6.36. The molecule has 0 radical (unpaired) electrons. The van der Waals surface area contributed by atoms with Gasteiger partial charge in [-0.1, -0.05) is 17.7 Å². The molecule has 1 rings (SSSR count). The summed E-state index contributed by atoms with van der Waals surface area (Å²) >= 11 is 0. The normalized spacial score (nSPS) is 10.3. The Labute approximate surface area is 115 Å². The summed E-state index contributed by atoms with van der Waals surface area (Å²) < 4.78 is 5.31. The predicted molar refractivity (Wildman–Crippen MR) is 75.1 cm³/mol. The molecule has 0 fully saturated rings. The molecule has 0 heterocycles. The smallest absolute Gasteiger partial charge is 0.222 e. The number of aliphatic hydroxyl groups is 1. The predicted octanol–water partition coefficient (Wildman–Crippen LogP) is 2.12. The van der Waals surface area contributed by atoms with E-state index in [9.17, 15) is 4.79 Å². The van der Waals surface area contributed by atoms with E-state index in [2.05, 4.69) is 0 Å². The minimum absolute atomic E-state index is 0.0945. The maximum absolute atomic E-state index is 11.9. The van der Waals surface area contributed by atoms with E-state index >= 15 is 0 Å². The third-order valence-corrected chi connectivity index (χ3v) is 3.07. The first-order valence-corrected chi connectivity index (χ1v) is 6.56. The quantitative estimate of drug-likeness (QED) is 0.768. The lowest BCUT2D eigenvalue weighted by atomic mass is 10.1. The summed E-state index contributed by atoms with van der Waals surface area (Å²) in [5, 5.41) is 8.71. The number of aryl methyl sites for hydroxylation is 1. The van der Waals surface area contributed by atoms with Gasteiger partial charge in [0.2, 0.25) is 5.91 Å². The van der Waals surface area contributed by atoms with Crippen LogP contribution in [0.4, 0.5) is 0 Å². The molecule has 1 N–H and O–H groups in total. The number of nitrogens with zero attached hydrogens (tertiary/aromatic N) is 1. The summed E-state index contributed by atoms with van der Waals surface area (Å²) in [5.74, 6) is 0.901. The number of carbonyl (C=O) groups is 1. The highest BCUT2D eigenvalue weighted by Gasteiger charge is 2.11. The lowest BCUT2D eigenvalue weighted by Gasteiger charge is -2.19. The van der Waals surface area contributed by atoms with Gasteiger partial charge in [0.1, 0.15) is 5.75 Å². The molecule has 0 saturated carbocycles. The zero-order chi connectivity index (χ0) is 14.3. The molecule has 4 heteroatoms. The van der Waals surface area contributed by atoms with Gasteiger partial charge in [-0.2, -0.15) is 0 Å². The van der Waals surface area contributed by atoms with Crippen molar-refractivity contribution in [1.29, 1.82) is 0 Å². The van der Waals surface area contributed by atoms with E-state index in [1.54, 1.807) is 19.1 Å². The first-order valence-electron chi connectivity index (χ1n) is 6.56. The monoisotopic (exact) mass is 265 g/mol. The Morgan fingerprint density at radius 2 is 2.11 bits per heavy atom. The number of amides is 1. The van der Waals surface area contributed by atoms with Crippen LogP contribution < -0.4 is 4.74 Å². The molecule has 0 spiro atoms. The average Bonchev–Trinajstić information content (AvgIpc) is 2.39. The van der Waals surface area contributed by atoms with Gasteiger partial charge in [-0.15, -0.1) is 0 Å². The summed E-state index contributed by atoms with van der Waals surface area (Å²) in [6.07, 6.45) is 1.88. The van der Waals surface area contributed by atoms with Gasteiger partial charge in [-0.3, -0.25) is 4.79 Å². The zero-order valence-corrected chi connectivity index (χ0v) is 12.0. The molecule has 0 aliphatic heterocycles. The van der Waals surface area contributed by atoms with Crippen LogP contribution in [-0.4, -0.2) is 36.7 Å². The first-order chi connectivity index (χ1) is 9.08. The SMILES string of the molecule is COc1ccc(C)cc1CN(C)C(=O)CCCCO. The van der Waals surface area contributed by atoms with Crippen molar-refractivity contribution in [1.82, 2.24) is 4.90 Å². The Balaban J connectivity index is 2.62. The van der Waals surface area contributed by atoms with Crippen LogP contribution in [0.2, 0.25) is 0 Å². The number of rotatable bonds is 7. The summed E-state index contributed by atoms with van der Waals surface area (Å²) in [6, 6.07) is 5.95. The molecule has 106 valence electrons.